The van der Waals surface area contributed by atoms with Crippen LogP contribution in [-0.4, -0.2) is 25.3 Å². The van der Waals surface area contributed by atoms with Crippen molar-refractivity contribution in [3.05, 3.63) is 54.1 Å². The number of para-hydroxylation sites is 2. The molecule has 5 nitrogen and oxygen atoms in total. The molecule has 2 aromatic carbocycles. The van der Waals surface area contributed by atoms with Crippen LogP contribution in [0.4, 0.5) is 10.5 Å². The molecule has 0 spiro atoms. The van der Waals surface area contributed by atoms with Gasteiger partial charge >= 0.3 is 6.03 Å². The molecule has 2 N–H and O–H groups in total. The van der Waals surface area contributed by atoms with Crippen molar-refractivity contribution in [2.45, 2.75) is 46.1 Å². The standard InChI is InChI=1S/C22H30N2O3/c1-16(2)27-20-12-7-6-11-19(20)24-21(25)23-13-14-26-18-10-8-9-17(15-18)22(3,4)5/h6-12,15-16H,13-14H2,1-5H3,(H2,23,24,25). The highest BCUT2D eigenvalue weighted by molar-refractivity contribution is 5.90. The van der Waals surface area contributed by atoms with Crippen molar-refractivity contribution in [1.29, 1.82) is 0 Å². The maximum absolute atomic E-state index is 12.1. The second-order valence-corrected chi connectivity index (χ2v) is 7.67. The summed E-state index contributed by atoms with van der Waals surface area (Å²) in [6.45, 7) is 11.2. The molecular weight excluding hydrogens is 340 g/mol. The van der Waals surface area contributed by atoms with Crippen molar-refractivity contribution in [2.24, 2.45) is 0 Å². The summed E-state index contributed by atoms with van der Waals surface area (Å²) in [6.07, 6.45) is 0.0354. The number of hydrogen-bond donors (Lipinski definition) is 2. The summed E-state index contributed by atoms with van der Waals surface area (Å²) in [5, 5.41) is 5.61. The number of nitrogens with one attached hydrogen (secondary N) is 2. The molecule has 0 aromatic heterocycles. The fourth-order valence-corrected chi connectivity index (χ4v) is 2.48. The molecule has 0 saturated heterocycles. The number of amides is 2. The van der Waals surface area contributed by atoms with Gasteiger partial charge in [0.1, 0.15) is 18.1 Å². The highest BCUT2D eigenvalue weighted by Gasteiger charge is 2.14. The van der Waals surface area contributed by atoms with E-state index in [9.17, 15) is 4.79 Å². The van der Waals surface area contributed by atoms with Crippen molar-refractivity contribution >= 4 is 11.7 Å². The molecule has 27 heavy (non-hydrogen) atoms. The third-order valence-corrected chi connectivity index (χ3v) is 3.85. The van der Waals surface area contributed by atoms with Gasteiger partial charge in [-0.05, 0) is 49.1 Å². The quantitative estimate of drug-likeness (QED) is 0.676. The first kappa shape index (κ1) is 20.6. The Balaban J connectivity index is 1.80. The second-order valence-electron chi connectivity index (χ2n) is 7.67. The van der Waals surface area contributed by atoms with Crippen LogP contribution in [0.1, 0.15) is 40.2 Å². The summed E-state index contributed by atoms with van der Waals surface area (Å²) in [6, 6.07) is 15.1. The van der Waals surface area contributed by atoms with E-state index < -0.39 is 0 Å². The Labute approximate surface area is 162 Å². The maximum atomic E-state index is 12.1. The Hall–Kier alpha value is -2.69. The molecule has 0 fully saturated rings. The Morgan fingerprint density at radius 2 is 1.81 bits per heavy atom. The van der Waals surface area contributed by atoms with Crippen LogP contribution in [0.5, 0.6) is 11.5 Å². The van der Waals surface area contributed by atoms with E-state index in [0.29, 0.717) is 24.6 Å². The number of carbonyl (C=O) groups is 1. The number of benzene rings is 2. The topological polar surface area (TPSA) is 59.6 Å². The minimum atomic E-state index is -0.290. The number of carbonyl (C=O) groups excluding carboxylic acids is 1. The highest BCUT2D eigenvalue weighted by Crippen LogP contribution is 2.26. The van der Waals surface area contributed by atoms with Gasteiger partial charge in [0, 0.05) is 0 Å². The number of anilines is 1. The summed E-state index contributed by atoms with van der Waals surface area (Å²) < 4.78 is 11.5. The highest BCUT2D eigenvalue weighted by atomic mass is 16.5. The van der Waals surface area contributed by atoms with E-state index in [4.69, 9.17) is 9.47 Å². The number of hydrogen-bond acceptors (Lipinski definition) is 3. The number of ether oxygens (including phenoxy) is 2. The molecule has 0 aliphatic carbocycles. The molecule has 0 atom stereocenters. The van der Waals surface area contributed by atoms with E-state index in [0.717, 1.165) is 5.75 Å². The minimum Gasteiger partial charge on any atom is -0.492 e. The fraction of sp³-hybridized carbons (Fsp3) is 0.409. The first-order chi connectivity index (χ1) is 12.8. The predicted molar refractivity (Wildman–Crippen MR) is 110 cm³/mol. The van der Waals surface area contributed by atoms with Gasteiger partial charge in [0.05, 0.1) is 18.3 Å². The summed E-state index contributed by atoms with van der Waals surface area (Å²) >= 11 is 0. The normalized spacial score (nSPS) is 11.2. The molecule has 0 radical (unpaired) electrons. The van der Waals surface area contributed by atoms with Gasteiger partial charge in [-0.1, -0.05) is 45.0 Å². The fourth-order valence-electron chi connectivity index (χ4n) is 2.48. The summed E-state index contributed by atoms with van der Waals surface area (Å²) in [4.78, 5) is 12.1. The van der Waals surface area contributed by atoms with E-state index in [-0.39, 0.29) is 17.6 Å². The van der Waals surface area contributed by atoms with Crippen LogP contribution < -0.4 is 20.1 Å². The van der Waals surface area contributed by atoms with Crippen LogP contribution in [0.25, 0.3) is 0 Å². The number of urea groups is 1. The third-order valence-electron chi connectivity index (χ3n) is 3.85. The average Bonchev–Trinajstić information content (AvgIpc) is 2.59. The van der Waals surface area contributed by atoms with Gasteiger partial charge < -0.3 is 20.1 Å². The van der Waals surface area contributed by atoms with Gasteiger partial charge in [0.2, 0.25) is 0 Å². The molecule has 2 aromatic rings. The Morgan fingerprint density at radius 1 is 1.07 bits per heavy atom. The van der Waals surface area contributed by atoms with Gasteiger partial charge in [0.25, 0.3) is 0 Å². The molecule has 0 heterocycles. The number of rotatable bonds is 7. The average molecular weight is 370 g/mol. The molecule has 0 aliphatic heterocycles. The smallest absolute Gasteiger partial charge is 0.319 e. The van der Waals surface area contributed by atoms with Crippen LogP contribution in [0.15, 0.2) is 48.5 Å². The molecule has 146 valence electrons. The van der Waals surface area contributed by atoms with Gasteiger partial charge in [-0.3, -0.25) is 0 Å². The Kier molecular flexibility index (Phi) is 7.11. The van der Waals surface area contributed by atoms with Crippen LogP contribution in [0.2, 0.25) is 0 Å². The SMILES string of the molecule is CC(C)Oc1ccccc1NC(=O)NCCOc1cccc(C(C)(C)C)c1. The van der Waals surface area contributed by atoms with Crippen molar-refractivity contribution in [1.82, 2.24) is 5.32 Å². The van der Waals surface area contributed by atoms with Crippen molar-refractivity contribution < 1.29 is 14.3 Å². The van der Waals surface area contributed by atoms with Crippen LogP contribution in [-0.2, 0) is 5.41 Å². The predicted octanol–water partition coefficient (Wildman–Crippen LogP) is 4.97. The Bertz CT molecular complexity index is 751. The molecule has 0 unspecified atom stereocenters. The van der Waals surface area contributed by atoms with Gasteiger partial charge in [-0.15, -0.1) is 0 Å². The molecule has 0 aliphatic rings. The monoisotopic (exact) mass is 370 g/mol. The molecule has 2 amide bonds. The minimum absolute atomic E-state index is 0.0354. The zero-order valence-corrected chi connectivity index (χ0v) is 16.8. The van der Waals surface area contributed by atoms with Crippen molar-refractivity contribution in [2.75, 3.05) is 18.5 Å². The van der Waals surface area contributed by atoms with E-state index in [1.54, 1.807) is 0 Å². The van der Waals surface area contributed by atoms with Crippen molar-refractivity contribution in [3.63, 3.8) is 0 Å². The van der Waals surface area contributed by atoms with Crippen LogP contribution in [0, 0.1) is 0 Å². The molecule has 2 rings (SSSR count). The summed E-state index contributed by atoms with van der Waals surface area (Å²) in [7, 11) is 0. The zero-order valence-electron chi connectivity index (χ0n) is 16.8. The van der Waals surface area contributed by atoms with E-state index in [1.807, 2.05) is 56.3 Å². The van der Waals surface area contributed by atoms with Gasteiger partial charge in [-0.2, -0.15) is 0 Å². The molecule has 0 bridgehead atoms. The van der Waals surface area contributed by atoms with E-state index in [1.165, 1.54) is 5.56 Å². The maximum Gasteiger partial charge on any atom is 0.319 e. The summed E-state index contributed by atoms with van der Waals surface area (Å²) in [5.41, 5.74) is 1.93. The molecular formula is C22H30N2O3. The lowest BCUT2D eigenvalue weighted by molar-refractivity contribution is 0.240. The van der Waals surface area contributed by atoms with Crippen LogP contribution in [0.3, 0.4) is 0 Å². The first-order valence-electron chi connectivity index (χ1n) is 9.29. The van der Waals surface area contributed by atoms with E-state index >= 15 is 0 Å². The summed E-state index contributed by atoms with van der Waals surface area (Å²) in [5.74, 6) is 1.46. The Morgan fingerprint density at radius 3 is 2.52 bits per heavy atom. The zero-order chi connectivity index (χ0) is 19.9. The largest absolute Gasteiger partial charge is 0.492 e. The third kappa shape index (κ3) is 6.85. The first-order valence-corrected chi connectivity index (χ1v) is 9.29. The van der Waals surface area contributed by atoms with Crippen LogP contribution >= 0.6 is 0 Å². The lowest BCUT2D eigenvalue weighted by atomic mass is 9.87. The molecule has 0 saturated carbocycles. The lowest BCUT2D eigenvalue weighted by Gasteiger charge is -2.19. The van der Waals surface area contributed by atoms with Crippen molar-refractivity contribution in [3.8, 4) is 11.5 Å². The van der Waals surface area contributed by atoms with E-state index in [2.05, 4.69) is 37.5 Å². The lowest BCUT2D eigenvalue weighted by Crippen LogP contribution is -2.32. The molecule has 5 heteroatoms. The van der Waals surface area contributed by atoms with Gasteiger partial charge in [-0.25, -0.2) is 4.79 Å². The van der Waals surface area contributed by atoms with Gasteiger partial charge in [0.15, 0.2) is 0 Å². The second kappa shape index (κ2) is 9.31.